The summed E-state index contributed by atoms with van der Waals surface area (Å²) in [6.45, 7) is 2.71. The molecule has 3 nitrogen and oxygen atoms in total. The first-order chi connectivity index (χ1) is 8.74. The first-order valence-electron chi connectivity index (χ1n) is 6.44. The van der Waals surface area contributed by atoms with Crippen LogP contribution in [0.5, 0.6) is 0 Å². The van der Waals surface area contributed by atoms with Gasteiger partial charge in [0.2, 0.25) is 5.91 Å². The number of nitrogens with zero attached hydrogens (tertiary/aromatic N) is 1. The lowest BCUT2D eigenvalue weighted by Gasteiger charge is -2.23. The zero-order valence-corrected chi connectivity index (χ0v) is 10.9. The van der Waals surface area contributed by atoms with Gasteiger partial charge < -0.3 is 10.2 Å². The van der Waals surface area contributed by atoms with Gasteiger partial charge in [0.1, 0.15) is 0 Å². The van der Waals surface area contributed by atoms with Gasteiger partial charge in [0.05, 0.1) is 0 Å². The summed E-state index contributed by atoms with van der Waals surface area (Å²) in [5.74, 6) is 0.0263. The second-order valence-corrected chi connectivity index (χ2v) is 4.81. The van der Waals surface area contributed by atoms with E-state index in [-0.39, 0.29) is 5.91 Å². The first kappa shape index (κ1) is 12.8. The topological polar surface area (TPSA) is 32.3 Å². The third-order valence-corrected chi connectivity index (χ3v) is 3.27. The quantitative estimate of drug-likeness (QED) is 0.824. The van der Waals surface area contributed by atoms with Crippen LogP contribution in [-0.4, -0.2) is 30.9 Å². The van der Waals surface area contributed by atoms with Gasteiger partial charge in [-0.2, -0.15) is 0 Å². The highest BCUT2D eigenvalue weighted by Crippen LogP contribution is 2.14. The molecule has 0 bridgehead atoms. The Morgan fingerprint density at radius 1 is 1.28 bits per heavy atom. The number of hydrogen-bond acceptors (Lipinski definition) is 2. The Bertz CT molecular complexity index is 415. The second-order valence-electron chi connectivity index (χ2n) is 4.81. The minimum atomic E-state index is 0.0263. The summed E-state index contributed by atoms with van der Waals surface area (Å²) < 4.78 is 0. The Kier molecular flexibility index (Phi) is 4.53. The van der Waals surface area contributed by atoms with Gasteiger partial charge in [-0.25, -0.2) is 0 Å². The summed E-state index contributed by atoms with van der Waals surface area (Å²) >= 11 is 0. The molecule has 1 amide bonds. The van der Waals surface area contributed by atoms with Gasteiger partial charge in [0.25, 0.3) is 0 Å². The monoisotopic (exact) mass is 244 g/mol. The van der Waals surface area contributed by atoms with Gasteiger partial charge in [-0.15, -0.1) is 0 Å². The Hall–Kier alpha value is -1.61. The van der Waals surface area contributed by atoms with E-state index >= 15 is 0 Å². The maximum absolute atomic E-state index is 11.8. The largest absolute Gasteiger partial charge is 0.348 e. The minimum Gasteiger partial charge on any atom is -0.348 e. The van der Waals surface area contributed by atoms with E-state index in [9.17, 15) is 4.79 Å². The van der Waals surface area contributed by atoms with Crippen molar-refractivity contribution < 1.29 is 4.79 Å². The van der Waals surface area contributed by atoms with Gasteiger partial charge in [0, 0.05) is 25.7 Å². The number of carbonyl (C=O) groups is 1. The van der Waals surface area contributed by atoms with Crippen LogP contribution in [0.25, 0.3) is 0 Å². The number of piperidine rings is 1. The first-order valence-corrected chi connectivity index (χ1v) is 6.44. The van der Waals surface area contributed by atoms with Crippen molar-refractivity contribution in [3.05, 3.63) is 47.5 Å². The molecule has 0 aliphatic carbocycles. The van der Waals surface area contributed by atoms with E-state index in [2.05, 4.69) is 17.3 Å². The molecule has 3 heteroatoms. The number of amides is 1. The lowest BCUT2D eigenvalue weighted by molar-refractivity contribution is -0.116. The Labute approximate surface area is 108 Å². The average molecular weight is 244 g/mol. The Morgan fingerprint density at radius 3 is 2.61 bits per heavy atom. The van der Waals surface area contributed by atoms with Gasteiger partial charge >= 0.3 is 0 Å². The second kappa shape index (κ2) is 6.36. The van der Waals surface area contributed by atoms with Crippen LogP contribution in [0.15, 0.2) is 42.0 Å². The van der Waals surface area contributed by atoms with Gasteiger partial charge in [-0.1, -0.05) is 35.9 Å². The summed E-state index contributed by atoms with van der Waals surface area (Å²) in [5, 5.41) is 2.93. The van der Waals surface area contributed by atoms with Crippen molar-refractivity contribution in [3.8, 4) is 0 Å². The molecule has 1 saturated heterocycles. The highest BCUT2D eigenvalue weighted by Gasteiger charge is 2.10. The molecule has 0 saturated carbocycles. The Balaban J connectivity index is 1.80. The molecular weight excluding hydrogens is 224 g/mol. The molecule has 96 valence electrons. The standard InChI is InChI=1S/C15H20N2O/c1-17-9-7-13(8-10-17)11-15(18)16-12-14-5-3-2-4-6-14/h2-6,11H,7-10,12H2,1H3,(H,16,18). The normalized spacial score (nSPS) is 16.4. The lowest BCUT2D eigenvalue weighted by Crippen LogP contribution is -2.27. The maximum Gasteiger partial charge on any atom is 0.244 e. The van der Waals surface area contributed by atoms with Crippen molar-refractivity contribution in [2.24, 2.45) is 0 Å². The van der Waals surface area contributed by atoms with Crippen LogP contribution in [0.1, 0.15) is 18.4 Å². The van der Waals surface area contributed by atoms with Gasteiger partial charge in [-0.3, -0.25) is 4.79 Å². The fourth-order valence-corrected chi connectivity index (χ4v) is 2.07. The molecule has 0 spiro atoms. The number of likely N-dealkylation sites (tertiary alicyclic amines) is 1. The maximum atomic E-state index is 11.8. The van der Waals surface area contributed by atoms with Crippen LogP contribution in [0.2, 0.25) is 0 Å². The molecular formula is C15H20N2O. The summed E-state index contributed by atoms with van der Waals surface area (Å²) in [4.78, 5) is 14.1. The number of hydrogen-bond donors (Lipinski definition) is 1. The van der Waals surface area contributed by atoms with Crippen molar-refractivity contribution in [1.82, 2.24) is 10.2 Å². The van der Waals surface area contributed by atoms with Crippen molar-refractivity contribution in [2.75, 3.05) is 20.1 Å². The SMILES string of the molecule is CN1CCC(=CC(=O)NCc2ccccc2)CC1. The average Bonchev–Trinajstić information content (AvgIpc) is 2.40. The van der Waals surface area contributed by atoms with E-state index in [1.807, 2.05) is 30.3 Å². The smallest absolute Gasteiger partial charge is 0.244 e. The number of carbonyl (C=O) groups excluding carboxylic acids is 1. The van der Waals surface area contributed by atoms with E-state index in [1.165, 1.54) is 5.57 Å². The summed E-state index contributed by atoms with van der Waals surface area (Å²) in [6, 6.07) is 9.98. The third-order valence-electron chi connectivity index (χ3n) is 3.27. The molecule has 1 fully saturated rings. The zero-order chi connectivity index (χ0) is 12.8. The molecule has 2 rings (SSSR count). The summed E-state index contributed by atoms with van der Waals surface area (Å²) in [7, 11) is 2.12. The molecule has 1 aromatic rings. The van der Waals surface area contributed by atoms with Crippen LogP contribution in [0.4, 0.5) is 0 Å². The molecule has 0 atom stereocenters. The van der Waals surface area contributed by atoms with Crippen LogP contribution >= 0.6 is 0 Å². The van der Waals surface area contributed by atoms with Crippen molar-refractivity contribution in [3.63, 3.8) is 0 Å². The van der Waals surface area contributed by atoms with Crippen LogP contribution in [0, 0.1) is 0 Å². The van der Waals surface area contributed by atoms with E-state index in [0.29, 0.717) is 6.54 Å². The Morgan fingerprint density at radius 2 is 1.94 bits per heavy atom. The van der Waals surface area contributed by atoms with Crippen LogP contribution < -0.4 is 5.32 Å². The fourth-order valence-electron chi connectivity index (χ4n) is 2.07. The zero-order valence-electron chi connectivity index (χ0n) is 10.9. The van der Waals surface area contributed by atoms with Crippen LogP contribution in [0.3, 0.4) is 0 Å². The molecule has 1 heterocycles. The van der Waals surface area contributed by atoms with Crippen molar-refractivity contribution in [1.29, 1.82) is 0 Å². The molecule has 1 aliphatic rings. The van der Waals surface area contributed by atoms with Crippen molar-refractivity contribution in [2.45, 2.75) is 19.4 Å². The molecule has 0 aromatic heterocycles. The summed E-state index contributed by atoms with van der Waals surface area (Å²) in [6.07, 6.45) is 3.79. The highest BCUT2D eigenvalue weighted by atomic mass is 16.1. The number of nitrogens with one attached hydrogen (secondary N) is 1. The number of benzene rings is 1. The van der Waals surface area contributed by atoms with Crippen molar-refractivity contribution >= 4 is 5.91 Å². The molecule has 1 N–H and O–H groups in total. The predicted molar refractivity (Wildman–Crippen MR) is 73.1 cm³/mol. The van der Waals surface area contributed by atoms with E-state index in [0.717, 1.165) is 31.5 Å². The predicted octanol–water partition coefficient (Wildman–Crippen LogP) is 1.95. The fraction of sp³-hybridized carbons (Fsp3) is 0.400. The van der Waals surface area contributed by atoms with Gasteiger partial charge in [-0.05, 0) is 25.5 Å². The lowest BCUT2D eigenvalue weighted by atomic mass is 10.0. The third kappa shape index (κ3) is 4.00. The molecule has 1 aliphatic heterocycles. The highest BCUT2D eigenvalue weighted by molar-refractivity contribution is 5.88. The van der Waals surface area contributed by atoms with E-state index < -0.39 is 0 Å². The van der Waals surface area contributed by atoms with Gasteiger partial charge in [0.15, 0.2) is 0 Å². The molecule has 0 unspecified atom stereocenters. The number of rotatable bonds is 3. The minimum absolute atomic E-state index is 0.0263. The molecule has 0 radical (unpaired) electrons. The van der Waals surface area contributed by atoms with E-state index in [4.69, 9.17) is 0 Å². The summed E-state index contributed by atoms with van der Waals surface area (Å²) in [5.41, 5.74) is 2.39. The molecule has 18 heavy (non-hydrogen) atoms. The van der Waals surface area contributed by atoms with Crippen LogP contribution in [-0.2, 0) is 11.3 Å². The molecule has 1 aromatic carbocycles. The van der Waals surface area contributed by atoms with E-state index in [1.54, 1.807) is 6.08 Å².